The molecule has 0 fully saturated rings. The minimum Gasteiger partial charge on any atom is -0.479 e. The molecule has 0 aromatic rings. The number of aliphatic hydroxyl groups is 2. The van der Waals surface area contributed by atoms with Gasteiger partial charge in [-0.15, -0.1) is 0 Å². The van der Waals surface area contributed by atoms with E-state index in [1.54, 1.807) is 0 Å². The van der Waals surface area contributed by atoms with E-state index in [2.05, 4.69) is 13.0 Å². The number of allylic oxidation sites excluding steroid dienone is 1. The van der Waals surface area contributed by atoms with Gasteiger partial charge in [0.2, 0.25) is 0 Å². The van der Waals surface area contributed by atoms with Gasteiger partial charge in [-0.05, 0) is 19.8 Å². The molecule has 78 valence electrons. The van der Waals surface area contributed by atoms with Crippen LogP contribution in [0, 0.1) is 0 Å². The highest BCUT2D eigenvalue weighted by molar-refractivity contribution is 5.71. The summed E-state index contributed by atoms with van der Waals surface area (Å²) in [5.41, 5.74) is 0. The largest absolute Gasteiger partial charge is 0.479 e. The van der Waals surface area contributed by atoms with Crippen molar-refractivity contribution in [3.63, 3.8) is 0 Å². The van der Waals surface area contributed by atoms with Crippen molar-refractivity contribution < 1.29 is 20.1 Å². The van der Waals surface area contributed by atoms with Gasteiger partial charge < -0.3 is 15.3 Å². The molecule has 0 aromatic carbocycles. The van der Waals surface area contributed by atoms with E-state index >= 15 is 0 Å². The monoisotopic (exact) mass is 190 g/mol. The lowest BCUT2D eigenvalue weighted by Crippen LogP contribution is -2.13. The first-order chi connectivity index (χ1) is 6.06. The summed E-state index contributed by atoms with van der Waals surface area (Å²) in [4.78, 5) is 9.45. The highest BCUT2D eigenvalue weighted by atomic mass is 16.4. The van der Waals surface area contributed by atoms with Gasteiger partial charge >= 0.3 is 5.97 Å². The smallest absolute Gasteiger partial charge is 0.332 e. The number of aliphatic carboxylic acids is 1. The first-order valence-electron chi connectivity index (χ1n) is 4.23. The van der Waals surface area contributed by atoms with Crippen molar-refractivity contribution in [1.82, 2.24) is 0 Å². The highest BCUT2D eigenvalue weighted by Gasteiger charge is 2.01. The van der Waals surface area contributed by atoms with Crippen molar-refractivity contribution in [3.8, 4) is 0 Å². The molecule has 0 saturated carbocycles. The van der Waals surface area contributed by atoms with Gasteiger partial charge in [0, 0.05) is 6.61 Å². The summed E-state index contributed by atoms with van der Waals surface area (Å²) in [6.07, 6.45) is 4.68. The minimum absolute atomic E-state index is 0.274. The molecule has 0 aliphatic rings. The maximum Gasteiger partial charge on any atom is 0.332 e. The Morgan fingerprint density at radius 3 is 2.15 bits per heavy atom. The van der Waals surface area contributed by atoms with Crippen LogP contribution < -0.4 is 0 Å². The summed E-state index contributed by atoms with van der Waals surface area (Å²) in [7, 11) is 0. The van der Waals surface area contributed by atoms with Crippen LogP contribution in [0.4, 0.5) is 0 Å². The van der Waals surface area contributed by atoms with E-state index in [0.717, 1.165) is 12.8 Å². The zero-order valence-corrected chi connectivity index (χ0v) is 8.10. The Bertz CT molecular complexity index is 141. The lowest BCUT2D eigenvalue weighted by Gasteiger charge is -1.89. The predicted octanol–water partition coefficient (Wildman–Crippen LogP) is 0.787. The number of carbonyl (C=O) groups is 1. The van der Waals surface area contributed by atoms with Crippen LogP contribution in [0.5, 0.6) is 0 Å². The maximum atomic E-state index is 9.45. The summed E-state index contributed by atoms with van der Waals surface area (Å²) >= 11 is 0. The molecule has 0 spiro atoms. The van der Waals surface area contributed by atoms with Crippen molar-refractivity contribution in [2.24, 2.45) is 0 Å². The third kappa shape index (κ3) is 18.2. The van der Waals surface area contributed by atoms with E-state index < -0.39 is 12.1 Å². The van der Waals surface area contributed by atoms with Crippen molar-refractivity contribution in [2.45, 2.75) is 32.8 Å². The summed E-state index contributed by atoms with van der Waals surface area (Å²) < 4.78 is 0. The molecule has 0 heterocycles. The Morgan fingerprint density at radius 2 is 1.92 bits per heavy atom. The second kappa shape index (κ2) is 11.1. The molecule has 0 bridgehead atoms. The van der Waals surface area contributed by atoms with Gasteiger partial charge in [0.05, 0.1) is 0 Å². The third-order valence-corrected chi connectivity index (χ3v) is 1.06. The predicted molar refractivity (Wildman–Crippen MR) is 50.5 cm³/mol. The molecule has 0 amide bonds. The molecule has 4 heteroatoms. The molecule has 0 saturated heterocycles. The first-order valence-corrected chi connectivity index (χ1v) is 4.23. The van der Waals surface area contributed by atoms with Crippen LogP contribution in [-0.4, -0.2) is 34.0 Å². The van der Waals surface area contributed by atoms with E-state index in [0.29, 0.717) is 0 Å². The molecular formula is C9H18O4. The summed E-state index contributed by atoms with van der Waals surface area (Å²) in [6, 6.07) is 0. The molecule has 3 N–H and O–H groups in total. The Kier molecular flexibility index (Phi) is 12.5. The average molecular weight is 190 g/mol. The van der Waals surface area contributed by atoms with Crippen molar-refractivity contribution in [1.29, 1.82) is 0 Å². The van der Waals surface area contributed by atoms with Crippen LogP contribution in [0.15, 0.2) is 12.2 Å². The van der Waals surface area contributed by atoms with E-state index in [9.17, 15) is 4.79 Å². The van der Waals surface area contributed by atoms with Gasteiger partial charge in [-0.3, -0.25) is 0 Å². The van der Waals surface area contributed by atoms with E-state index in [4.69, 9.17) is 15.3 Å². The third-order valence-electron chi connectivity index (χ3n) is 1.06. The molecule has 0 rings (SSSR count). The average Bonchev–Trinajstić information content (AvgIpc) is 2.06. The highest BCUT2D eigenvalue weighted by Crippen LogP contribution is 1.82. The summed E-state index contributed by atoms with van der Waals surface area (Å²) in [6.45, 7) is 3.55. The van der Waals surface area contributed by atoms with Gasteiger partial charge in [-0.2, -0.15) is 0 Å². The Morgan fingerprint density at radius 1 is 1.46 bits per heavy atom. The van der Waals surface area contributed by atoms with Gasteiger partial charge in [-0.25, -0.2) is 4.79 Å². The number of carboxylic acid groups (broad SMARTS) is 1. The molecule has 1 atom stereocenters. The molecule has 13 heavy (non-hydrogen) atoms. The fraction of sp³-hybridized carbons (Fsp3) is 0.667. The SMILES string of the molecule is CC(O)C(=O)O.CC/C=C\CCO. The van der Waals surface area contributed by atoms with Gasteiger partial charge in [0.15, 0.2) is 0 Å². The minimum atomic E-state index is -1.23. The Hall–Kier alpha value is -0.870. The van der Waals surface area contributed by atoms with Crippen LogP contribution in [0.3, 0.4) is 0 Å². The molecule has 0 radical (unpaired) electrons. The number of hydrogen-bond acceptors (Lipinski definition) is 3. The van der Waals surface area contributed by atoms with Crippen molar-refractivity contribution in [3.05, 3.63) is 12.2 Å². The zero-order chi connectivity index (χ0) is 10.7. The molecule has 1 unspecified atom stereocenters. The molecule has 0 aliphatic heterocycles. The topological polar surface area (TPSA) is 77.8 Å². The molecule has 0 aliphatic carbocycles. The van der Waals surface area contributed by atoms with Crippen LogP contribution >= 0.6 is 0 Å². The summed E-state index contributed by atoms with van der Waals surface area (Å²) in [5, 5.41) is 24.0. The van der Waals surface area contributed by atoms with E-state index in [1.807, 2.05) is 6.08 Å². The van der Waals surface area contributed by atoms with Crippen LogP contribution in [0.2, 0.25) is 0 Å². The van der Waals surface area contributed by atoms with Crippen LogP contribution in [0.1, 0.15) is 26.7 Å². The number of carboxylic acids is 1. The summed E-state index contributed by atoms with van der Waals surface area (Å²) in [5.74, 6) is -1.19. The van der Waals surface area contributed by atoms with Gasteiger partial charge in [0.25, 0.3) is 0 Å². The lowest BCUT2D eigenvalue weighted by atomic mass is 10.3. The Balaban J connectivity index is 0. The number of hydrogen-bond donors (Lipinski definition) is 3. The molecule has 4 nitrogen and oxygen atoms in total. The van der Waals surface area contributed by atoms with Crippen molar-refractivity contribution >= 4 is 5.97 Å². The van der Waals surface area contributed by atoms with Gasteiger partial charge in [-0.1, -0.05) is 19.1 Å². The standard InChI is InChI=1S/C6H12O.C3H6O3/c1-2-3-4-5-6-7;1-2(4)3(5)6/h3-4,7H,2,5-6H2,1H3;2,4H,1H3,(H,5,6)/b4-3-;. The van der Waals surface area contributed by atoms with Gasteiger partial charge in [0.1, 0.15) is 6.10 Å². The molecule has 0 aromatic heterocycles. The normalized spacial score (nSPS) is 12.0. The Labute approximate surface area is 78.5 Å². The van der Waals surface area contributed by atoms with E-state index in [1.165, 1.54) is 6.92 Å². The van der Waals surface area contributed by atoms with Crippen molar-refractivity contribution in [2.75, 3.05) is 6.61 Å². The quantitative estimate of drug-likeness (QED) is 0.573. The first kappa shape index (κ1) is 14.6. The maximum absolute atomic E-state index is 9.45. The van der Waals surface area contributed by atoms with Crippen LogP contribution in [0.25, 0.3) is 0 Å². The zero-order valence-electron chi connectivity index (χ0n) is 8.10. The fourth-order valence-electron chi connectivity index (χ4n) is 0.359. The lowest BCUT2D eigenvalue weighted by molar-refractivity contribution is -0.145. The fourth-order valence-corrected chi connectivity index (χ4v) is 0.359. The second-order valence-corrected chi connectivity index (χ2v) is 2.41. The van der Waals surface area contributed by atoms with E-state index in [-0.39, 0.29) is 6.61 Å². The second-order valence-electron chi connectivity index (χ2n) is 2.41. The number of rotatable bonds is 4. The molecular weight excluding hydrogens is 172 g/mol. The number of aliphatic hydroxyl groups excluding tert-OH is 2. The van der Waals surface area contributed by atoms with Crippen LogP contribution in [-0.2, 0) is 4.79 Å².